The largest absolute Gasteiger partial charge is 0.481 e. The fourth-order valence-electron chi connectivity index (χ4n) is 6.68. The SMILES string of the molecule is CSS.CSS.NP[C@@H](CCCCNC(=O)COCCOCCCC(=O)COCCOCCNC(=O)CC[C@H](CC(=O)CCCCCCCCCCCCCCCCCCC(=O)O)C(=O)O)C(=O)O.SS. The highest BCUT2D eigenvalue weighted by Gasteiger charge is 2.22. The first-order chi connectivity index (χ1) is 34.3. The number of aliphatic carboxylic acids is 3. The number of nitrogens with two attached hydrogens (primary N) is 1. The number of amides is 2. The van der Waals surface area contributed by atoms with E-state index in [1.54, 1.807) is 0 Å². The summed E-state index contributed by atoms with van der Waals surface area (Å²) in [4.78, 5) is 81.7. The third kappa shape index (κ3) is 65.1. The molecule has 0 heterocycles. The Kier molecular flexibility index (Phi) is 68.2. The number of unbranched alkanes of at least 4 members (excludes halogenated alkanes) is 16. The number of Topliss-reactive ketones (excluding diaryl/α,β-unsaturated/α-hetero) is 2. The Balaban J connectivity index is -0.00000262. The number of hydrogen-bond donors (Lipinski definition) is 10. The maximum atomic E-state index is 12.5. The molecule has 0 saturated heterocycles. The molecule has 24 heteroatoms. The van der Waals surface area contributed by atoms with E-state index in [0.717, 1.165) is 44.9 Å². The van der Waals surface area contributed by atoms with Crippen LogP contribution in [0.1, 0.15) is 167 Å². The summed E-state index contributed by atoms with van der Waals surface area (Å²) >= 11 is 13.9. The zero-order valence-corrected chi connectivity index (χ0v) is 48.8. The third-order valence-electron chi connectivity index (χ3n) is 10.4. The van der Waals surface area contributed by atoms with Gasteiger partial charge in [0, 0.05) is 51.8 Å². The van der Waals surface area contributed by atoms with Gasteiger partial charge in [0.05, 0.1) is 44.6 Å². The molecule has 0 bridgehead atoms. The van der Waals surface area contributed by atoms with Crippen LogP contribution in [0.4, 0.5) is 0 Å². The smallest absolute Gasteiger partial charge is 0.311 e. The zero-order valence-electron chi connectivity index (χ0n) is 42.6. The second kappa shape index (κ2) is 63.3. The summed E-state index contributed by atoms with van der Waals surface area (Å²) in [5, 5.41) is 32.6. The van der Waals surface area contributed by atoms with Crippen LogP contribution in [-0.2, 0) is 52.5 Å². The number of carboxylic acid groups (broad SMARTS) is 3. The average molecular weight is 1150 g/mol. The Morgan fingerprint density at radius 1 is 0.493 bits per heavy atom. The quantitative estimate of drug-likeness (QED) is 0.0118. The second-order valence-electron chi connectivity index (χ2n) is 16.5. The van der Waals surface area contributed by atoms with Crippen molar-refractivity contribution in [1.29, 1.82) is 0 Å². The van der Waals surface area contributed by atoms with Crippen molar-refractivity contribution in [3.63, 3.8) is 0 Å². The molecule has 0 fully saturated rings. The zero-order chi connectivity index (χ0) is 54.0. The lowest BCUT2D eigenvalue weighted by Crippen LogP contribution is -2.29. The number of hydrogen-bond acceptors (Lipinski definition) is 18. The number of carbonyl (C=O) groups excluding carboxylic acids is 4. The van der Waals surface area contributed by atoms with Crippen LogP contribution in [0.3, 0.4) is 0 Å². The number of ether oxygens (including phenoxy) is 4. The minimum atomic E-state index is -1.07. The minimum Gasteiger partial charge on any atom is -0.481 e. The van der Waals surface area contributed by atoms with Gasteiger partial charge in [-0.2, -0.15) is 0 Å². The van der Waals surface area contributed by atoms with Gasteiger partial charge >= 0.3 is 17.9 Å². The highest BCUT2D eigenvalue weighted by atomic mass is 33.1. The average Bonchev–Trinajstić information content (AvgIpc) is 3.33. The van der Waals surface area contributed by atoms with Crippen LogP contribution in [0.25, 0.3) is 0 Å². The lowest BCUT2D eigenvalue weighted by Gasteiger charge is -2.12. The monoisotopic (exact) mass is 1150 g/mol. The van der Waals surface area contributed by atoms with Crippen molar-refractivity contribution in [2.45, 2.75) is 173 Å². The number of nitrogens with one attached hydrogen (secondary N) is 2. The molecule has 420 valence electrons. The van der Waals surface area contributed by atoms with E-state index >= 15 is 0 Å². The summed E-state index contributed by atoms with van der Waals surface area (Å²) in [7, 11) is 2.75. The number of carbonyl (C=O) groups is 7. The van der Waals surface area contributed by atoms with Crippen LogP contribution in [0.15, 0.2) is 0 Å². The van der Waals surface area contributed by atoms with Crippen molar-refractivity contribution in [3.05, 3.63) is 0 Å². The Morgan fingerprint density at radius 3 is 1.41 bits per heavy atom. The predicted octanol–water partition coefficient (Wildman–Crippen LogP) is 9.51. The third-order valence-corrected chi connectivity index (χ3v) is 11.4. The molecule has 71 heavy (non-hydrogen) atoms. The first kappa shape index (κ1) is 76.5. The van der Waals surface area contributed by atoms with Gasteiger partial charge in [-0.25, -0.2) is 0 Å². The molecule has 0 aromatic carbocycles. The van der Waals surface area contributed by atoms with Crippen LogP contribution in [0.5, 0.6) is 0 Å². The van der Waals surface area contributed by atoms with E-state index in [0.29, 0.717) is 45.3 Å². The molecule has 17 nitrogen and oxygen atoms in total. The van der Waals surface area contributed by atoms with E-state index in [4.69, 9.17) is 34.7 Å². The minimum absolute atomic E-state index is 0.00267. The van der Waals surface area contributed by atoms with Gasteiger partial charge in [-0.15, -0.1) is 68.2 Å². The standard InChI is InChI=1S/C45H82N3O14P.2CH4S2.H2S2/c46-63-40(45(57)58)22-17-18-26-47-42(52)36-62-33-30-59-28-19-21-39(50)35-61-32-31-60-29-27-48-41(51)25-24-37(44(55)56)34-38(49)20-15-13-11-9-7-5-3-1-2-4-6-8-10-12-14-16-23-43(53)54;2*1-3-2;1-2/h37,40,63H,1-36,46H2,(H,47,52)(H,48,51)(H,53,54)(H,55,56)(H,57,58);2*2H,1H3;1-2H/t37-,40+;;;/m1.../s1. The van der Waals surface area contributed by atoms with Gasteiger partial charge in [0.2, 0.25) is 11.8 Å². The fraction of sp³-hybridized carbons (Fsp3) is 0.851. The molecule has 7 N–H and O–H groups in total. The van der Waals surface area contributed by atoms with E-state index in [-0.39, 0.29) is 117 Å². The predicted molar refractivity (Wildman–Crippen MR) is 305 cm³/mol. The molecule has 1 unspecified atom stereocenters. The normalized spacial score (nSPS) is 11.5. The number of carboxylic acids is 3. The summed E-state index contributed by atoms with van der Waals surface area (Å²) in [6.07, 6.45) is 25.2. The second-order valence-corrected chi connectivity index (χ2v) is 20.4. The Labute approximate surface area is 456 Å². The molecule has 0 spiro atoms. The molecule has 0 aliphatic carbocycles. The molecule has 3 atom stereocenters. The molecule has 0 aromatic heterocycles. The van der Waals surface area contributed by atoms with Crippen molar-refractivity contribution in [1.82, 2.24) is 10.6 Å². The molecule has 2 amide bonds. The molecule has 0 aliphatic heterocycles. The van der Waals surface area contributed by atoms with Crippen LogP contribution >= 0.6 is 77.0 Å². The maximum Gasteiger partial charge on any atom is 0.311 e. The lowest BCUT2D eigenvalue weighted by molar-refractivity contribution is -0.144. The van der Waals surface area contributed by atoms with Crippen LogP contribution in [-0.4, -0.2) is 141 Å². The molecule has 0 rings (SSSR count). The molecular formula is C47H92N3O14PS6. The van der Waals surface area contributed by atoms with E-state index < -0.39 is 29.5 Å². The fourth-order valence-corrected chi connectivity index (χ4v) is 7.20. The van der Waals surface area contributed by atoms with E-state index in [2.05, 4.69) is 57.3 Å². The van der Waals surface area contributed by atoms with Gasteiger partial charge in [-0.1, -0.05) is 96.3 Å². The summed E-state index contributed by atoms with van der Waals surface area (Å²) in [6, 6.07) is 0. The van der Waals surface area contributed by atoms with Crippen molar-refractivity contribution in [2.75, 3.05) is 78.5 Å². The van der Waals surface area contributed by atoms with Crippen LogP contribution in [0, 0.1) is 5.92 Å². The Bertz CT molecular complexity index is 1290. The number of thiol groups is 4. The first-order valence-corrected chi connectivity index (χ1v) is 32.2. The number of ketones is 2. The lowest BCUT2D eigenvalue weighted by atomic mass is 9.94. The van der Waals surface area contributed by atoms with Crippen LogP contribution in [0.2, 0.25) is 0 Å². The van der Waals surface area contributed by atoms with Crippen molar-refractivity contribution < 1.29 is 67.8 Å². The van der Waals surface area contributed by atoms with E-state index in [1.165, 1.54) is 79.4 Å². The van der Waals surface area contributed by atoms with Gasteiger partial charge in [0.15, 0.2) is 5.78 Å². The Morgan fingerprint density at radius 2 is 0.930 bits per heavy atom. The van der Waals surface area contributed by atoms with Crippen molar-refractivity contribution in [3.8, 4) is 0 Å². The van der Waals surface area contributed by atoms with Crippen LogP contribution < -0.4 is 16.1 Å². The molecule has 0 aromatic rings. The van der Waals surface area contributed by atoms with Crippen molar-refractivity contribution in [2.24, 2.45) is 11.4 Å². The summed E-state index contributed by atoms with van der Waals surface area (Å²) in [6.45, 7) is 2.06. The first-order valence-electron chi connectivity index (χ1n) is 24.9. The summed E-state index contributed by atoms with van der Waals surface area (Å²) in [5.74, 6) is -4.27. The van der Waals surface area contributed by atoms with Crippen molar-refractivity contribution >= 4 is 118 Å². The molecule has 0 radical (unpaired) electrons. The topological polar surface area (TPSA) is 267 Å². The molecule has 0 saturated carbocycles. The van der Waals surface area contributed by atoms with Gasteiger partial charge in [-0.05, 0) is 59.8 Å². The van der Waals surface area contributed by atoms with Gasteiger partial charge in [-0.3, -0.25) is 33.6 Å². The van der Waals surface area contributed by atoms with E-state index in [9.17, 15) is 38.7 Å². The highest BCUT2D eigenvalue weighted by molar-refractivity contribution is 8.68. The highest BCUT2D eigenvalue weighted by Crippen LogP contribution is 2.18. The van der Waals surface area contributed by atoms with Gasteiger partial charge < -0.3 is 50.4 Å². The summed E-state index contributed by atoms with van der Waals surface area (Å²) < 4.78 is 21.5. The maximum absolute atomic E-state index is 12.5. The number of rotatable bonds is 49. The Hall–Kier alpha value is -0.980. The molecule has 0 aliphatic rings. The summed E-state index contributed by atoms with van der Waals surface area (Å²) in [5.41, 5.74) is 4.92. The van der Waals surface area contributed by atoms with Gasteiger partial charge in [0.1, 0.15) is 19.0 Å². The van der Waals surface area contributed by atoms with E-state index in [1.807, 2.05) is 12.5 Å². The van der Waals surface area contributed by atoms with Gasteiger partial charge in [0.25, 0.3) is 0 Å². The molecular weight excluding hydrogens is 1050 g/mol.